The first-order valence-corrected chi connectivity index (χ1v) is 10.2. The number of rotatable bonds is 7. The third-order valence-electron chi connectivity index (χ3n) is 5.41. The number of H-pyrrole nitrogens is 1. The highest BCUT2D eigenvalue weighted by molar-refractivity contribution is 5.91. The fourth-order valence-electron chi connectivity index (χ4n) is 3.94. The molecule has 3 aromatic rings. The smallest absolute Gasteiger partial charge is 0.271 e. The summed E-state index contributed by atoms with van der Waals surface area (Å²) in [4.78, 5) is 35.7. The second kappa shape index (κ2) is 8.94. The van der Waals surface area contributed by atoms with Gasteiger partial charge in [-0.3, -0.25) is 14.6 Å². The van der Waals surface area contributed by atoms with Crippen molar-refractivity contribution in [2.45, 2.75) is 38.1 Å². The van der Waals surface area contributed by atoms with Crippen LogP contribution in [0.2, 0.25) is 0 Å². The molecule has 0 saturated carbocycles. The first kappa shape index (κ1) is 19.9. The largest absolute Gasteiger partial charge is 0.497 e. The lowest BCUT2D eigenvalue weighted by molar-refractivity contribution is -0.122. The predicted octanol–water partition coefficient (Wildman–Crippen LogP) is 2.67. The Morgan fingerprint density at radius 1 is 1.30 bits per heavy atom. The van der Waals surface area contributed by atoms with E-state index in [1.165, 1.54) is 24.2 Å². The van der Waals surface area contributed by atoms with Gasteiger partial charge in [0.05, 0.1) is 19.3 Å². The molecule has 2 aromatic heterocycles. The minimum Gasteiger partial charge on any atom is -0.497 e. The summed E-state index contributed by atoms with van der Waals surface area (Å²) in [7, 11) is 1.67. The number of aromatic nitrogens is 3. The number of aromatic amines is 1. The molecular weight excluding hydrogens is 382 g/mol. The molecule has 0 radical (unpaired) electrons. The zero-order chi connectivity index (χ0) is 20.9. The van der Waals surface area contributed by atoms with Gasteiger partial charge in [-0.2, -0.15) is 0 Å². The van der Waals surface area contributed by atoms with Crippen LogP contribution in [0.1, 0.15) is 53.5 Å². The van der Waals surface area contributed by atoms with Crippen molar-refractivity contribution in [3.8, 4) is 5.75 Å². The number of hydrogen-bond donors (Lipinski definition) is 3. The first-order chi connectivity index (χ1) is 14.7. The number of carbonyl (C=O) groups excluding carboxylic acids is 2. The molecule has 1 atom stereocenters. The summed E-state index contributed by atoms with van der Waals surface area (Å²) in [5.41, 5.74) is 3.69. The van der Waals surface area contributed by atoms with Gasteiger partial charge in [0.25, 0.3) is 5.91 Å². The van der Waals surface area contributed by atoms with Gasteiger partial charge < -0.3 is 20.4 Å². The molecule has 2 heterocycles. The van der Waals surface area contributed by atoms with Crippen molar-refractivity contribution in [1.82, 2.24) is 25.6 Å². The number of nitrogens with one attached hydrogen (secondary N) is 3. The molecule has 2 amide bonds. The standard InChI is InChI=1S/C22H25N5O3/c1-30-14-7-8-17-16(12-14)15-4-2-5-18(21(15)27-17)26-20(28)6-3-9-25-22(29)19-13-23-10-11-24-19/h7-8,10-13,18,27H,2-6,9H2,1H3,(H,25,29)(H,26,28)/t18-/m0/s1. The number of aryl methyl sites for hydroxylation is 1. The third kappa shape index (κ3) is 4.27. The normalized spacial score (nSPS) is 15.4. The lowest BCUT2D eigenvalue weighted by atomic mass is 9.91. The van der Waals surface area contributed by atoms with E-state index in [9.17, 15) is 9.59 Å². The zero-order valence-corrected chi connectivity index (χ0v) is 16.9. The number of nitrogens with zero attached hydrogens (tertiary/aromatic N) is 2. The highest BCUT2D eigenvalue weighted by atomic mass is 16.5. The lowest BCUT2D eigenvalue weighted by Gasteiger charge is -2.24. The summed E-state index contributed by atoms with van der Waals surface area (Å²) < 4.78 is 5.35. The predicted molar refractivity (Wildman–Crippen MR) is 112 cm³/mol. The van der Waals surface area contributed by atoms with Crippen molar-refractivity contribution < 1.29 is 14.3 Å². The van der Waals surface area contributed by atoms with Crippen molar-refractivity contribution >= 4 is 22.7 Å². The summed E-state index contributed by atoms with van der Waals surface area (Å²) >= 11 is 0. The molecule has 0 fully saturated rings. The van der Waals surface area contributed by atoms with Gasteiger partial charge in [0.15, 0.2) is 0 Å². The average molecular weight is 407 g/mol. The van der Waals surface area contributed by atoms with Crippen LogP contribution in [0.25, 0.3) is 10.9 Å². The quantitative estimate of drug-likeness (QED) is 0.522. The van der Waals surface area contributed by atoms with E-state index in [0.717, 1.165) is 41.6 Å². The summed E-state index contributed by atoms with van der Waals surface area (Å²) in [6, 6.07) is 5.99. The first-order valence-electron chi connectivity index (χ1n) is 10.2. The molecule has 30 heavy (non-hydrogen) atoms. The molecule has 0 saturated heterocycles. The Hall–Kier alpha value is -3.42. The van der Waals surface area contributed by atoms with E-state index in [1.54, 1.807) is 7.11 Å². The van der Waals surface area contributed by atoms with Crippen LogP contribution in [-0.4, -0.2) is 40.4 Å². The Morgan fingerprint density at radius 2 is 2.20 bits per heavy atom. The van der Waals surface area contributed by atoms with Crippen LogP contribution in [0, 0.1) is 0 Å². The van der Waals surface area contributed by atoms with Gasteiger partial charge in [-0.05, 0) is 49.4 Å². The highest BCUT2D eigenvalue weighted by Crippen LogP contribution is 2.36. The Morgan fingerprint density at radius 3 is 3.00 bits per heavy atom. The Bertz CT molecular complexity index is 1050. The monoisotopic (exact) mass is 407 g/mol. The average Bonchev–Trinajstić information content (AvgIpc) is 3.16. The maximum absolute atomic E-state index is 12.5. The summed E-state index contributed by atoms with van der Waals surface area (Å²) in [5, 5.41) is 7.07. The zero-order valence-electron chi connectivity index (χ0n) is 16.9. The minimum absolute atomic E-state index is 0.0159. The molecule has 156 valence electrons. The van der Waals surface area contributed by atoms with Crippen LogP contribution in [0.3, 0.4) is 0 Å². The van der Waals surface area contributed by atoms with Gasteiger partial charge in [-0.1, -0.05) is 0 Å². The highest BCUT2D eigenvalue weighted by Gasteiger charge is 2.25. The minimum atomic E-state index is -0.283. The molecule has 3 N–H and O–H groups in total. The molecule has 0 spiro atoms. The van der Waals surface area contributed by atoms with Crippen molar-refractivity contribution in [2.75, 3.05) is 13.7 Å². The van der Waals surface area contributed by atoms with Crippen LogP contribution < -0.4 is 15.4 Å². The maximum atomic E-state index is 12.5. The van der Waals surface area contributed by atoms with Gasteiger partial charge in [0.1, 0.15) is 11.4 Å². The lowest BCUT2D eigenvalue weighted by Crippen LogP contribution is -2.32. The third-order valence-corrected chi connectivity index (χ3v) is 5.41. The van der Waals surface area contributed by atoms with Gasteiger partial charge >= 0.3 is 0 Å². The van der Waals surface area contributed by atoms with Crippen LogP contribution in [0.4, 0.5) is 0 Å². The second-order valence-electron chi connectivity index (χ2n) is 7.39. The van der Waals surface area contributed by atoms with Crippen molar-refractivity contribution in [3.05, 3.63) is 53.7 Å². The molecular formula is C22H25N5O3. The maximum Gasteiger partial charge on any atom is 0.271 e. The van der Waals surface area contributed by atoms with E-state index in [2.05, 4.69) is 31.7 Å². The Labute approximate surface area is 174 Å². The SMILES string of the molecule is COc1ccc2[nH]c3c(c2c1)CCC[C@@H]3NC(=O)CCCNC(=O)c1cnccn1. The van der Waals surface area contributed by atoms with Gasteiger partial charge in [-0.25, -0.2) is 4.98 Å². The number of amides is 2. The summed E-state index contributed by atoms with van der Waals surface area (Å²) in [6.45, 7) is 0.408. The van der Waals surface area contributed by atoms with Crippen LogP contribution in [0.5, 0.6) is 5.75 Å². The molecule has 1 aliphatic rings. The summed E-state index contributed by atoms with van der Waals surface area (Å²) in [6.07, 6.45) is 8.23. The number of hydrogen-bond acceptors (Lipinski definition) is 5. The summed E-state index contributed by atoms with van der Waals surface area (Å²) in [5.74, 6) is 0.533. The molecule has 4 rings (SSSR count). The van der Waals surface area contributed by atoms with E-state index < -0.39 is 0 Å². The van der Waals surface area contributed by atoms with Gasteiger partial charge in [0.2, 0.25) is 5.91 Å². The topological polar surface area (TPSA) is 109 Å². The molecule has 0 unspecified atom stereocenters. The molecule has 8 nitrogen and oxygen atoms in total. The Kier molecular flexibility index (Phi) is 5.92. The van der Waals surface area contributed by atoms with E-state index >= 15 is 0 Å². The van der Waals surface area contributed by atoms with Crippen molar-refractivity contribution in [3.63, 3.8) is 0 Å². The molecule has 0 aliphatic heterocycles. The van der Waals surface area contributed by atoms with E-state index in [1.807, 2.05) is 12.1 Å². The number of carbonyl (C=O) groups is 2. The molecule has 1 aromatic carbocycles. The van der Waals surface area contributed by atoms with Crippen molar-refractivity contribution in [2.24, 2.45) is 0 Å². The fourth-order valence-corrected chi connectivity index (χ4v) is 3.94. The fraction of sp³-hybridized carbons (Fsp3) is 0.364. The van der Waals surface area contributed by atoms with Crippen molar-refractivity contribution in [1.29, 1.82) is 0 Å². The number of fused-ring (bicyclic) bond motifs is 3. The second-order valence-corrected chi connectivity index (χ2v) is 7.39. The molecule has 0 bridgehead atoms. The number of benzene rings is 1. The van der Waals surface area contributed by atoms with E-state index in [4.69, 9.17) is 4.74 Å². The molecule has 1 aliphatic carbocycles. The van der Waals surface area contributed by atoms with E-state index in [-0.39, 0.29) is 23.6 Å². The van der Waals surface area contributed by atoms with Gasteiger partial charge in [-0.15, -0.1) is 0 Å². The van der Waals surface area contributed by atoms with Crippen LogP contribution in [0.15, 0.2) is 36.8 Å². The van der Waals surface area contributed by atoms with Crippen LogP contribution in [-0.2, 0) is 11.2 Å². The molecule has 8 heteroatoms. The van der Waals surface area contributed by atoms with Crippen LogP contribution >= 0.6 is 0 Å². The number of methoxy groups -OCH3 is 1. The number of ether oxygens (including phenoxy) is 1. The Balaban J connectivity index is 1.32. The van der Waals surface area contributed by atoms with E-state index in [0.29, 0.717) is 19.4 Å². The van der Waals surface area contributed by atoms with Gasteiger partial charge in [0, 0.05) is 42.0 Å².